The van der Waals surface area contributed by atoms with E-state index in [-0.39, 0.29) is 34.0 Å². The fraction of sp³-hybridized carbons (Fsp3) is 0.588. The maximum absolute atomic E-state index is 13.0. The van der Waals surface area contributed by atoms with Crippen LogP contribution in [0.25, 0.3) is 0 Å². The summed E-state index contributed by atoms with van der Waals surface area (Å²) in [6.07, 6.45) is 0. The Morgan fingerprint density at radius 1 is 1.00 bits per heavy atom. The molecule has 0 saturated heterocycles. The van der Waals surface area contributed by atoms with Gasteiger partial charge in [0.25, 0.3) is 15.9 Å². The van der Waals surface area contributed by atoms with Crippen LogP contribution in [0.1, 0.15) is 63.4 Å². The van der Waals surface area contributed by atoms with E-state index in [0.29, 0.717) is 5.56 Å². The highest BCUT2D eigenvalue weighted by Crippen LogP contribution is 2.41. The molecular weight excluding hydrogens is 314 g/mol. The largest absolute Gasteiger partial charge is 0.508 e. The summed E-state index contributed by atoms with van der Waals surface area (Å²) in [6, 6.07) is 2.26. The number of amides is 1. The second-order valence-corrected chi connectivity index (χ2v) is 8.93. The van der Waals surface area contributed by atoms with Crippen molar-refractivity contribution in [3.63, 3.8) is 0 Å². The monoisotopic (exact) mass is 339 g/mol. The summed E-state index contributed by atoms with van der Waals surface area (Å²) in [5.41, 5.74) is 0.784. The van der Waals surface area contributed by atoms with E-state index in [9.17, 15) is 18.3 Å². The zero-order valence-electron chi connectivity index (χ0n) is 14.5. The predicted molar refractivity (Wildman–Crippen MR) is 89.0 cm³/mol. The van der Waals surface area contributed by atoms with Crippen LogP contribution in [0.2, 0.25) is 0 Å². The van der Waals surface area contributed by atoms with Gasteiger partial charge in [0, 0.05) is 6.07 Å². The Morgan fingerprint density at radius 2 is 1.52 bits per heavy atom. The zero-order valence-corrected chi connectivity index (χ0v) is 15.3. The number of carbonyl (C=O) groups excluding carboxylic acids is 1. The Morgan fingerprint density at radius 3 is 1.96 bits per heavy atom. The van der Waals surface area contributed by atoms with Crippen LogP contribution >= 0.6 is 0 Å². The molecule has 5 nitrogen and oxygen atoms in total. The van der Waals surface area contributed by atoms with Gasteiger partial charge in [-0.2, -0.15) is 0 Å². The average Bonchev–Trinajstić information content (AvgIpc) is 2.58. The van der Waals surface area contributed by atoms with Gasteiger partial charge in [0.15, 0.2) is 0 Å². The predicted octanol–water partition coefficient (Wildman–Crippen LogP) is 3.34. The zero-order chi connectivity index (χ0) is 17.7. The van der Waals surface area contributed by atoms with Crippen molar-refractivity contribution in [2.75, 3.05) is 0 Å². The minimum atomic E-state index is -3.94. The smallest absolute Gasteiger partial charge is 0.269 e. The summed E-state index contributed by atoms with van der Waals surface area (Å²) >= 11 is 0. The van der Waals surface area contributed by atoms with E-state index in [2.05, 4.69) is 0 Å². The number of benzene rings is 1. The summed E-state index contributed by atoms with van der Waals surface area (Å²) in [5.74, 6) is -0.669. The first-order valence-electron chi connectivity index (χ1n) is 7.95. The van der Waals surface area contributed by atoms with Crippen molar-refractivity contribution >= 4 is 15.9 Å². The third-order valence-electron chi connectivity index (χ3n) is 4.33. The quantitative estimate of drug-likeness (QED) is 0.913. The first kappa shape index (κ1) is 17.8. The molecule has 0 unspecified atom stereocenters. The number of rotatable bonds is 4. The van der Waals surface area contributed by atoms with E-state index in [0.717, 1.165) is 4.31 Å². The van der Waals surface area contributed by atoms with Gasteiger partial charge in [-0.05, 0) is 29.4 Å². The van der Waals surface area contributed by atoms with Gasteiger partial charge in [0.05, 0.1) is 11.6 Å². The highest BCUT2D eigenvalue weighted by Gasteiger charge is 2.48. The summed E-state index contributed by atoms with van der Waals surface area (Å²) in [6.45, 7) is 11.4. The molecular formula is C17H25NO4S. The standard InChI is InChI=1S/C17H25NO4S/c1-9(2)13-7-12(19)8-14-15(13)17(20)18(23(14,21)22)16(10(3)4)11(5)6/h7-11,16,19H,1-6H3. The van der Waals surface area contributed by atoms with Crippen molar-refractivity contribution in [2.45, 2.75) is 58.4 Å². The van der Waals surface area contributed by atoms with E-state index < -0.39 is 22.0 Å². The van der Waals surface area contributed by atoms with Crippen molar-refractivity contribution in [1.82, 2.24) is 4.31 Å². The van der Waals surface area contributed by atoms with Gasteiger partial charge >= 0.3 is 0 Å². The number of phenols is 1. The van der Waals surface area contributed by atoms with Crippen LogP contribution in [-0.2, 0) is 10.0 Å². The summed E-state index contributed by atoms with van der Waals surface area (Å²) in [5, 5.41) is 9.89. The van der Waals surface area contributed by atoms with Crippen molar-refractivity contribution in [1.29, 1.82) is 0 Å². The molecule has 1 amide bonds. The topological polar surface area (TPSA) is 74.7 Å². The molecule has 0 spiro atoms. The lowest BCUT2D eigenvalue weighted by Crippen LogP contribution is -2.46. The molecule has 0 aliphatic carbocycles. The molecule has 0 atom stereocenters. The first-order valence-corrected chi connectivity index (χ1v) is 9.39. The minimum absolute atomic E-state index is 0.000802. The maximum atomic E-state index is 13.0. The van der Waals surface area contributed by atoms with Crippen molar-refractivity contribution in [2.24, 2.45) is 11.8 Å². The summed E-state index contributed by atoms with van der Waals surface area (Å²) < 4.78 is 27.0. The molecule has 2 rings (SSSR count). The number of fused-ring (bicyclic) bond motifs is 1. The van der Waals surface area contributed by atoms with E-state index in [1.54, 1.807) is 0 Å². The molecule has 0 saturated carbocycles. The van der Waals surface area contributed by atoms with Crippen molar-refractivity contribution < 1.29 is 18.3 Å². The Hall–Kier alpha value is -1.56. The summed E-state index contributed by atoms with van der Waals surface area (Å²) in [4.78, 5) is 12.9. The Bertz CT molecular complexity index is 727. The van der Waals surface area contributed by atoms with Gasteiger partial charge in [-0.3, -0.25) is 4.79 Å². The molecule has 0 bridgehead atoms. The van der Waals surface area contributed by atoms with Crippen LogP contribution in [0.3, 0.4) is 0 Å². The van der Waals surface area contributed by atoms with Gasteiger partial charge in [-0.15, -0.1) is 0 Å². The SMILES string of the molecule is CC(C)c1cc(O)cc2c1C(=O)N(C(C(C)C)C(C)C)S2(=O)=O. The fourth-order valence-electron chi connectivity index (χ4n) is 3.44. The summed E-state index contributed by atoms with van der Waals surface area (Å²) in [7, 11) is -3.94. The van der Waals surface area contributed by atoms with Crippen molar-refractivity contribution in [3.8, 4) is 5.75 Å². The van der Waals surface area contributed by atoms with E-state index >= 15 is 0 Å². The number of nitrogens with zero attached hydrogens (tertiary/aromatic N) is 1. The van der Waals surface area contributed by atoms with Crippen LogP contribution in [0.4, 0.5) is 0 Å². The molecule has 23 heavy (non-hydrogen) atoms. The molecule has 1 N–H and O–H groups in total. The molecule has 0 fully saturated rings. The molecule has 0 radical (unpaired) electrons. The molecule has 1 heterocycles. The Labute approximate surface area is 138 Å². The minimum Gasteiger partial charge on any atom is -0.508 e. The molecule has 1 aromatic carbocycles. The highest BCUT2D eigenvalue weighted by molar-refractivity contribution is 7.90. The van der Waals surface area contributed by atoms with Crippen LogP contribution < -0.4 is 0 Å². The van der Waals surface area contributed by atoms with Crippen LogP contribution in [0, 0.1) is 11.8 Å². The lowest BCUT2D eigenvalue weighted by atomic mass is 9.91. The molecule has 128 valence electrons. The van der Waals surface area contributed by atoms with Crippen LogP contribution in [0.15, 0.2) is 17.0 Å². The van der Waals surface area contributed by atoms with Gasteiger partial charge in [0.1, 0.15) is 10.6 Å². The number of carbonyl (C=O) groups is 1. The molecule has 1 aliphatic rings. The first-order chi connectivity index (χ1) is 10.5. The molecule has 1 aromatic rings. The third kappa shape index (κ3) is 2.73. The van der Waals surface area contributed by atoms with Crippen LogP contribution in [-0.4, -0.2) is 29.8 Å². The third-order valence-corrected chi connectivity index (χ3v) is 6.13. The van der Waals surface area contributed by atoms with Gasteiger partial charge < -0.3 is 5.11 Å². The molecule has 1 aliphatic heterocycles. The number of aromatic hydroxyl groups is 1. The Kier molecular flexibility index (Phi) is 4.50. The number of phenolic OH excluding ortho intramolecular Hbond substituents is 1. The van der Waals surface area contributed by atoms with Gasteiger partial charge in [0.2, 0.25) is 0 Å². The molecule has 0 aromatic heterocycles. The molecule has 6 heteroatoms. The highest BCUT2D eigenvalue weighted by atomic mass is 32.2. The van der Waals surface area contributed by atoms with Crippen molar-refractivity contribution in [3.05, 3.63) is 23.3 Å². The second kappa shape index (κ2) is 5.82. The van der Waals surface area contributed by atoms with E-state index in [1.165, 1.54) is 12.1 Å². The number of hydrogen-bond donors (Lipinski definition) is 1. The maximum Gasteiger partial charge on any atom is 0.269 e. The van der Waals surface area contributed by atoms with Gasteiger partial charge in [-0.25, -0.2) is 12.7 Å². The van der Waals surface area contributed by atoms with E-state index in [4.69, 9.17) is 0 Å². The van der Waals surface area contributed by atoms with E-state index in [1.807, 2.05) is 41.5 Å². The lowest BCUT2D eigenvalue weighted by Gasteiger charge is -2.32. The fourth-order valence-corrected chi connectivity index (χ4v) is 5.50. The number of sulfonamides is 1. The lowest BCUT2D eigenvalue weighted by molar-refractivity contribution is 0.0766. The van der Waals surface area contributed by atoms with Gasteiger partial charge in [-0.1, -0.05) is 41.5 Å². The Balaban J connectivity index is 2.75. The average molecular weight is 339 g/mol. The normalized spacial score (nSPS) is 17.0. The van der Waals surface area contributed by atoms with Crippen LogP contribution in [0.5, 0.6) is 5.75 Å². The number of hydrogen-bond acceptors (Lipinski definition) is 4. The second-order valence-electron chi connectivity index (χ2n) is 7.15.